The summed E-state index contributed by atoms with van der Waals surface area (Å²) in [5.74, 6) is -0.456. The molecule has 0 fully saturated rings. The number of H-pyrrole nitrogens is 1. The van der Waals surface area contributed by atoms with Gasteiger partial charge in [-0.2, -0.15) is 0 Å². The van der Waals surface area contributed by atoms with Gasteiger partial charge in [-0.3, -0.25) is 28.8 Å². The van der Waals surface area contributed by atoms with Crippen LogP contribution in [0.4, 0.5) is 17.2 Å². The smallest absolute Gasteiger partial charge is 0.330 e. The van der Waals surface area contributed by atoms with Crippen molar-refractivity contribution in [1.82, 2.24) is 9.55 Å². The van der Waals surface area contributed by atoms with Gasteiger partial charge in [-0.25, -0.2) is 4.79 Å². The highest BCUT2D eigenvalue weighted by atomic mass is 16.5. The highest BCUT2D eigenvalue weighted by Gasteiger charge is 2.34. The largest absolute Gasteiger partial charge is 0.479 e. The Morgan fingerprint density at radius 1 is 1.26 bits per heavy atom. The van der Waals surface area contributed by atoms with E-state index in [0.29, 0.717) is 24.5 Å². The maximum absolute atomic E-state index is 13.5. The third-order valence-electron chi connectivity index (χ3n) is 5.43. The predicted molar refractivity (Wildman–Crippen MR) is 128 cm³/mol. The van der Waals surface area contributed by atoms with Crippen molar-refractivity contribution in [2.24, 2.45) is 5.92 Å². The molecule has 0 aliphatic carbocycles. The minimum atomic E-state index is -0.772. The zero-order valence-corrected chi connectivity index (χ0v) is 19.9. The van der Waals surface area contributed by atoms with Gasteiger partial charge in [0.25, 0.3) is 11.5 Å². The van der Waals surface area contributed by atoms with Crippen LogP contribution in [-0.4, -0.2) is 54.3 Å². The zero-order valence-electron chi connectivity index (χ0n) is 19.9. The molecule has 0 saturated carbocycles. The number of amides is 2. The molecule has 34 heavy (non-hydrogen) atoms. The van der Waals surface area contributed by atoms with Crippen molar-refractivity contribution in [3.63, 3.8) is 0 Å². The lowest BCUT2D eigenvalue weighted by molar-refractivity contribution is -0.127. The van der Waals surface area contributed by atoms with Crippen LogP contribution < -0.4 is 31.5 Å². The second-order valence-electron chi connectivity index (χ2n) is 8.54. The number of aromatic amines is 1. The molecule has 2 heterocycles. The molecule has 11 nitrogen and oxygen atoms in total. The quantitative estimate of drug-likeness (QED) is 0.517. The molecular weight excluding hydrogens is 442 g/mol. The number of nitrogens with one attached hydrogen (secondary N) is 1. The maximum Gasteiger partial charge on any atom is 0.330 e. The maximum atomic E-state index is 13.5. The third kappa shape index (κ3) is 5.14. The number of carbonyl (C=O) groups is 2. The van der Waals surface area contributed by atoms with E-state index in [1.54, 1.807) is 31.2 Å². The number of benzene rings is 1. The van der Waals surface area contributed by atoms with Crippen LogP contribution in [0.3, 0.4) is 0 Å². The number of hydrogen-bond donors (Lipinski definition) is 2. The summed E-state index contributed by atoms with van der Waals surface area (Å²) in [6.45, 7) is 5.79. The summed E-state index contributed by atoms with van der Waals surface area (Å²) in [4.78, 5) is 56.4. The van der Waals surface area contributed by atoms with Crippen molar-refractivity contribution < 1.29 is 19.1 Å². The summed E-state index contributed by atoms with van der Waals surface area (Å²) in [6.07, 6.45) is -0.361. The molecule has 0 saturated heterocycles. The van der Waals surface area contributed by atoms with Gasteiger partial charge in [-0.15, -0.1) is 0 Å². The summed E-state index contributed by atoms with van der Waals surface area (Å²) >= 11 is 0. The number of anilines is 3. The second-order valence-corrected chi connectivity index (χ2v) is 8.54. The molecule has 184 valence electrons. The van der Waals surface area contributed by atoms with Crippen LogP contribution in [0.2, 0.25) is 0 Å². The number of nitrogens with zero attached hydrogens (tertiary/aromatic N) is 3. The van der Waals surface area contributed by atoms with Gasteiger partial charge in [0.15, 0.2) is 11.8 Å². The minimum Gasteiger partial charge on any atom is -0.479 e. The molecule has 1 aromatic carbocycles. The molecule has 2 aromatic rings. The molecule has 0 spiro atoms. The first-order valence-corrected chi connectivity index (χ1v) is 11.1. The van der Waals surface area contributed by atoms with E-state index in [0.717, 1.165) is 0 Å². The van der Waals surface area contributed by atoms with E-state index in [9.17, 15) is 19.2 Å². The van der Waals surface area contributed by atoms with Gasteiger partial charge in [0.1, 0.15) is 18.1 Å². The third-order valence-corrected chi connectivity index (χ3v) is 5.43. The Kier molecular flexibility index (Phi) is 7.77. The fourth-order valence-corrected chi connectivity index (χ4v) is 3.86. The van der Waals surface area contributed by atoms with Crippen LogP contribution in [0.5, 0.6) is 5.75 Å². The molecule has 3 rings (SSSR count). The first kappa shape index (κ1) is 25.0. The lowest BCUT2D eigenvalue weighted by Crippen LogP contribution is -2.51. The van der Waals surface area contributed by atoms with Gasteiger partial charge < -0.3 is 20.1 Å². The Morgan fingerprint density at radius 3 is 2.65 bits per heavy atom. The summed E-state index contributed by atoms with van der Waals surface area (Å²) in [7, 11) is 1.53. The van der Waals surface area contributed by atoms with Crippen LogP contribution >= 0.6 is 0 Å². The van der Waals surface area contributed by atoms with E-state index in [1.165, 1.54) is 21.5 Å². The number of para-hydroxylation sites is 2. The lowest BCUT2D eigenvalue weighted by Gasteiger charge is -2.34. The summed E-state index contributed by atoms with van der Waals surface area (Å²) in [5.41, 5.74) is 5.18. The molecule has 0 radical (unpaired) electrons. The Bertz CT molecular complexity index is 1170. The van der Waals surface area contributed by atoms with E-state index in [2.05, 4.69) is 4.98 Å². The van der Waals surface area contributed by atoms with Crippen molar-refractivity contribution in [3.05, 3.63) is 45.1 Å². The van der Waals surface area contributed by atoms with E-state index < -0.39 is 23.3 Å². The van der Waals surface area contributed by atoms with Crippen LogP contribution in [0, 0.1) is 5.92 Å². The molecule has 1 aliphatic heterocycles. The van der Waals surface area contributed by atoms with Crippen LogP contribution in [-0.2, 0) is 20.9 Å². The molecular formula is C23H31N5O6. The van der Waals surface area contributed by atoms with Gasteiger partial charge in [0.05, 0.1) is 5.69 Å². The number of rotatable bonds is 9. The molecule has 1 aromatic heterocycles. The zero-order chi connectivity index (χ0) is 25.0. The molecule has 11 heteroatoms. The van der Waals surface area contributed by atoms with Gasteiger partial charge in [0.2, 0.25) is 5.91 Å². The van der Waals surface area contributed by atoms with Crippen molar-refractivity contribution in [1.29, 1.82) is 0 Å². The van der Waals surface area contributed by atoms with E-state index >= 15 is 0 Å². The number of ether oxygens (including phenoxy) is 2. The SMILES string of the molecule is COCCCN(C(=O)CN1C(=O)[C@@H](C)Oc2ccccc21)c1c(N)n(CC(C)C)c(=O)[nH]c1=O. The monoisotopic (exact) mass is 473 g/mol. The number of fused-ring (bicyclic) bond motifs is 1. The average molecular weight is 474 g/mol. The number of aromatic nitrogens is 2. The first-order valence-electron chi connectivity index (χ1n) is 11.1. The topological polar surface area (TPSA) is 140 Å². The fourth-order valence-electron chi connectivity index (χ4n) is 3.86. The Morgan fingerprint density at radius 2 is 1.97 bits per heavy atom. The van der Waals surface area contributed by atoms with E-state index in [1.807, 2.05) is 13.8 Å². The predicted octanol–water partition coefficient (Wildman–Crippen LogP) is 0.958. The van der Waals surface area contributed by atoms with Crippen LogP contribution in [0.15, 0.2) is 33.9 Å². The standard InChI is InChI=1S/C23H31N5O6/c1-14(2)12-28-20(24)19(21(30)25-23(28)32)26(10-7-11-33-4)18(29)13-27-16-8-5-6-9-17(16)34-15(3)22(27)31/h5-6,8-9,14-15H,7,10-13,24H2,1-4H3,(H,25,30,32)/t15-/m1/s1. The van der Waals surface area contributed by atoms with Crippen molar-refractivity contribution in [2.75, 3.05) is 42.3 Å². The fraction of sp³-hybridized carbons (Fsp3) is 0.478. The Labute approximate surface area is 197 Å². The molecule has 1 aliphatic rings. The van der Waals surface area contributed by atoms with E-state index in [4.69, 9.17) is 15.2 Å². The lowest BCUT2D eigenvalue weighted by atomic mass is 10.2. The van der Waals surface area contributed by atoms with E-state index in [-0.39, 0.29) is 43.0 Å². The molecule has 0 unspecified atom stereocenters. The number of carbonyl (C=O) groups excluding carboxylic acids is 2. The molecule has 3 N–H and O–H groups in total. The molecule has 2 amide bonds. The number of nitrogen functional groups attached to an aromatic ring is 1. The summed E-state index contributed by atoms with van der Waals surface area (Å²) in [5, 5.41) is 0. The highest BCUT2D eigenvalue weighted by molar-refractivity contribution is 6.07. The van der Waals surface area contributed by atoms with Crippen molar-refractivity contribution in [2.45, 2.75) is 39.8 Å². The highest BCUT2D eigenvalue weighted by Crippen LogP contribution is 2.33. The van der Waals surface area contributed by atoms with Crippen molar-refractivity contribution in [3.8, 4) is 5.75 Å². The Balaban J connectivity index is 2.02. The normalized spacial score (nSPS) is 15.3. The molecule has 0 bridgehead atoms. The minimum absolute atomic E-state index is 0.0698. The molecule has 1 atom stereocenters. The van der Waals surface area contributed by atoms with Crippen molar-refractivity contribution >= 4 is 29.0 Å². The van der Waals surface area contributed by atoms with Gasteiger partial charge in [-0.05, 0) is 31.4 Å². The van der Waals surface area contributed by atoms with Crippen LogP contribution in [0.1, 0.15) is 27.2 Å². The first-order chi connectivity index (χ1) is 16.1. The number of nitrogens with two attached hydrogens (primary N) is 1. The number of methoxy groups -OCH3 is 1. The average Bonchev–Trinajstić information content (AvgIpc) is 2.78. The van der Waals surface area contributed by atoms with Gasteiger partial charge >= 0.3 is 5.69 Å². The number of hydrogen-bond acceptors (Lipinski definition) is 7. The summed E-state index contributed by atoms with van der Waals surface area (Å²) in [6, 6.07) is 6.92. The van der Waals surface area contributed by atoms with Gasteiger partial charge in [-0.1, -0.05) is 26.0 Å². The Hall–Kier alpha value is -3.60. The second kappa shape index (κ2) is 10.6. The van der Waals surface area contributed by atoms with Gasteiger partial charge in [0, 0.05) is 26.8 Å². The van der Waals surface area contributed by atoms with Crippen LogP contribution in [0.25, 0.3) is 0 Å². The summed E-state index contributed by atoms with van der Waals surface area (Å²) < 4.78 is 12.0.